The molecule has 0 aliphatic rings. The molecule has 0 atom stereocenters. The summed E-state index contributed by atoms with van der Waals surface area (Å²) in [5.74, 6) is 0. The number of hydrogen-bond acceptors (Lipinski definition) is 3. The van der Waals surface area contributed by atoms with Crippen molar-refractivity contribution < 1.29 is 5.21 Å². The molecule has 1 aromatic rings. The van der Waals surface area contributed by atoms with Gasteiger partial charge in [-0.3, -0.25) is 0 Å². The van der Waals surface area contributed by atoms with E-state index in [1.807, 2.05) is 6.92 Å². The van der Waals surface area contributed by atoms with Crippen LogP contribution < -0.4 is 5.69 Å². The van der Waals surface area contributed by atoms with Crippen molar-refractivity contribution in [3.8, 4) is 0 Å². The highest BCUT2D eigenvalue weighted by Crippen LogP contribution is 1.95. The lowest BCUT2D eigenvalue weighted by Crippen LogP contribution is -2.23. The van der Waals surface area contributed by atoms with Crippen molar-refractivity contribution in [3.05, 3.63) is 28.4 Å². The number of halogens is 1. The Kier molecular flexibility index (Phi) is 4.36. The molecule has 1 N–H and O–H groups in total. The van der Waals surface area contributed by atoms with Gasteiger partial charge in [0.05, 0.1) is 5.69 Å². The van der Waals surface area contributed by atoms with E-state index >= 15 is 0 Å². The number of aromatic nitrogens is 2. The molecule has 0 bridgehead atoms. The second kappa shape index (κ2) is 4.77. The molecule has 0 saturated carbocycles. The van der Waals surface area contributed by atoms with Crippen LogP contribution in [-0.4, -0.2) is 14.9 Å². The molecule has 0 aliphatic heterocycles. The normalized spacial score (nSPS) is 9.08. The van der Waals surface area contributed by atoms with Crippen LogP contribution in [0.4, 0.5) is 0 Å². The molecular weight excluding hydrogens is 180 g/mol. The maximum Gasteiger partial charge on any atom is 0.380 e. The minimum absolute atomic E-state index is 0. The van der Waals surface area contributed by atoms with Gasteiger partial charge in [-0.1, -0.05) is 13.3 Å². The van der Waals surface area contributed by atoms with Crippen LogP contribution in [0.1, 0.15) is 19.0 Å². The van der Waals surface area contributed by atoms with Gasteiger partial charge >= 0.3 is 5.69 Å². The van der Waals surface area contributed by atoms with E-state index in [-0.39, 0.29) is 12.4 Å². The van der Waals surface area contributed by atoms with Crippen LogP contribution in [0.25, 0.3) is 0 Å². The van der Waals surface area contributed by atoms with Crippen molar-refractivity contribution in [1.29, 1.82) is 0 Å². The Bertz CT molecular complexity index is 298. The van der Waals surface area contributed by atoms with Gasteiger partial charge in [-0.2, -0.15) is 4.98 Å². The van der Waals surface area contributed by atoms with Crippen molar-refractivity contribution in [2.45, 2.75) is 19.8 Å². The topological polar surface area (TPSA) is 55.1 Å². The van der Waals surface area contributed by atoms with E-state index in [1.54, 1.807) is 6.07 Å². The molecule has 1 rings (SSSR count). The third-order valence-electron chi connectivity index (χ3n) is 1.41. The zero-order chi connectivity index (χ0) is 8.27. The molecule has 0 aliphatic carbocycles. The number of hydrogen-bond donors (Lipinski definition) is 1. The zero-order valence-corrected chi connectivity index (χ0v) is 7.54. The van der Waals surface area contributed by atoms with Gasteiger partial charge < -0.3 is 5.21 Å². The maximum absolute atomic E-state index is 10.7. The first-order chi connectivity index (χ1) is 5.25. The van der Waals surface area contributed by atoms with Gasteiger partial charge in [-0.15, -0.1) is 17.1 Å². The molecule has 0 saturated heterocycles. The molecule has 12 heavy (non-hydrogen) atoms. The van der Waals surface area contributed by atoms with Crippen LogP contribution in [-0.2, 0) is 6.42 Å². The second-order valence-electron chi connectivity index (χ2n) is 2.28. The highest BCUT2D eigenvalue weighted by molar-refractivity contribution is 5.85. The lowest BCUT2D eigenvalue weighted by atomic mass is 10.2. The molecule has 5 heteroatoms. The van der Waals surface area contributed by atoms with E-state index in [0.717, 1.165) is 6.42 Å². The highest BCUT2D eigenvalue weighted by atomic mass is 35.5. The van der Waals surface area contributed by atoms with Crippen LogP contribution in [0.5, 0.6) is 0 Å². The second-order valence-corrected chi connectivity index (χ2v) is 2.28. The Balaban J connectivity index is 0.00000121. The first-order valence-corrected chi connectivity index (χ1v) is 3.52. The van der Waals surface area contributed by atoms with Gasteiger partial charge in [-0.25, -0.2) is 4.79 Å². The average molecular weight is 191 g/mol. The predicted molar refractivity (Wildman–Crippen MR) is 46.9 cm³/mol. The Morgan fingerprint density at radius 3 is 2.92 bits per heavy atom. The maximum atomic E-state index is 10.7. The van der Waals surface area contributed by atoms with E-state index in [2.05, 4.69) is 4.98 Å². The SMILES string of the molecule is CCCc1ccnc(=O)n1O.Cl. The molecule has 0 unspecified atom stereocenters. The van der Waals surface area contributed by atoms with Crippen molar-refractivity contribution >= 4 is 12.4 Å². The van der Waals surface area contributed by atoms with Crippen molar-refractivity contribution in [2.75, 3.05) is 0 Å². The first kappa shape index (κ1) is 11.0. The van der Waals surface area contributed by atoms with Crippen molar-refractivity contribution in [1.82, 2.24) is 9.71 Å². The van der Waals surface area contributed by atoms with E-state index in [0.29, 0.717) is 16.8 Å². The molecule has 0 aromatic carbocycles. The number of rotatable bonds is 2. The van der Waals surface area contributed by atoms with E-state index in [9.17, 15) is 4.79 Å². The first-order valence-electron chi connectivity index (χ1n) is 3.52. The smallest absolute Gasteiger partial charge is 0.380 e. The lowest BCUT2D eigenvalue weighted by Gasteiger charge is -2.01. The molecule has 0 amide bonds. The Morgan fingerprint density at radius 1 is 1.67 bits per heavy atom. The minimum atomic E-state index is -0.615. The molecule has 0 radical (unpaired) electrons. The minimum Gasteiger partial charge on any atom is -0.424 e. The summed E-state index contributed by atoms with van der Waals surface area (Å²) in [6, 6.07) is 1.63. The predicted octanol–water partition coefficient (Wildman–Crippen LogP) is 0.855. The van der Waals surface area contributed by atoms with E-state index in [4.69, 9.17) is 5.21 Å². The molecule has 4 nitrogen and oxygen atoms in total. The summed E-state index contributed by atoms with van der Waals surface area (Å²) in [6.07, 6.45) is 2.98. The van der Waals surface area contributed by atoms with Crippen LogP contribution in [0.2, 0.25) is 0 Å². The van der Waals surface area contributed by atoms with E-state index in [1.165, 1.54) is 6.20 Å². The third-order valence-corrected chi connectivity index (χ3v) is 1.41. The van der Waals surface area contributed by atoms with Gasteiger partial charge in [0.15, 0.2) is 0 Å². The standard InChI is InChI=1S/C7H10N2O2.ClH/c1-2-3-6-4-5-8-7(10)9(6)11;/h4-5,11H,2-3H2,1H3;1H. The van der Waals surface area contributed by atoms with Crippen molar-refractivity contribution in [3.63, 3.8) is 0 Å². The zero-order valence-electron chi connectivity index (χ0n) is 6.73. The molecule has 0 fully saturated rings. The monoisotopic (exact) mass is 190 g/mol. The Labute approximate surface area is 76.2 Å². The fourth-order valence-corrected chi connectivity index (χ4v) is 0.881. The van der Waals surface area contributed by atoms with Gasteiger partial charge in [0.2, 0.25) is 0 Å². The fraction of sp³-hybridized carbons (Fsp3) is 0.429. The Hall–Kier alpha value is -1.03. The van der Waals surface area contributed by atoms with Gasteiger partial charge in [-0.05, 0) is 12.5 Å². The molecule has 1 aromatic heterocycles. The molecule has 68 valence electrons. The summed E-state index contributed by atoms with van der Waals surface area (Å²) in [6.45, 7) is 1.98. The average Bonchev–Trinajstić information content (AvgIpc) is 1.99. The number of nitrogens with zero attached hydrogens (tertiary/aromatic N) is 2. The fourth-order valence-electron chi connectivity index (χ4n) is 0.881. The van der Waals surface area contributed by atoms with Gasteiger partial charge in [0.25, 0.3) is 0 Å². The summed E-state index contributed by atoms with van der Waals surface area (Å²) in [7, 11) is 0. The van der Waals surface area contributed by atoms with Gasteiger partial charge in [0.1, 0.15) is 0 Å². The summed E-state index contributed by atoms with van der Waals surface area (Å²) >= 11 is 0. The Morgan fingerprint density at radius 2 is 2.33 bits per heavy atom. The molecule has 1 heterocycles. The molecule has 0 spiro atoms. The summed E-state index contributed by atoms with van der Waals surface area (Å²) in [5.41, 5.74) is -0.0107. The van der Waals surface area contributed by atoms with Crippen LogP contribution in [0.3, 0.4) is 0 Å². The highest BCUT2D eigenvalue weighted by Gasteiger charge is 1.99. The quantitative estimate of drug-likeness (QED) is 0.704. The summed E-state index contributed by atoms with van der Waals surface area (Å²) in [5, 5.41) is 9.07. The van der Waals surface area contributed by atoms with Crippen LogP contribution >= 0.6 is 12.4 Å². The number of aryl methyl sites for hydroxylation is 1. The van der Waals surface area contributed by atoms with Crippen LogP contribution in [0, 0.1) is 0 Å². The van der Waals surface area contributed by atoms with Crippen LogP contribution in [0.15, 0.2) is 17.1 Å². The largest absolute Gasteiger partial charge is 0.424 e. The third kappa shape index (κ3) is 2.23. The lowest BCUT2D eigenvalue weighted by molar-refractivity contribution is 0.160. The van der Waals surface area contributed by atoms with Crippen molar-refractivity contribution in [2.24, 2.45) is 0 Å². The summed E-state index contributed by atoms with van der Waals surface area (Å²) in [4.78, 5) is 14.1. The van der Waals surface area contributed by atoms with E-state index < -0.39 is 5.69 Å². The molecular formula is C7H11ClN2O2. The van der Waals surface area contributed by atoms with Gasteiger partial charge in [0, 0.05) is 6.20 Å². The summed E-state index contributed by atoms with van der Waals surface area (Å²) < 4.78 is 0.587.